The number of nitrogens with zero attached hydrogens (tertiary/aromatic N) is 2. The molecule has 2 aromatic rings. The summed E-state index contributed by atoms with van der Waals surface area (Å²) in [6, 6.07) is 4.48. The number of aryl methyl sites for hydroxylation is 1. The number of halogens is 4. The van der Waals surface area contributed by atoms with Crippen molar-refractivity contribution in [3.63, 3.8) is 0 Å². The normalized spacial score (nSPS) is 14.3. The third kappa shape index (κ3) is 4.39. The molecular formula is C16H14ClF3N4O. The molecule has 5 nitrogen and oxygen atoms in total. The molecule has 1 aliphatic carbocycles. The molecule has 132 valence electrons. The summed E-state index contributed by atoms with van der Waals surface area (Å²) >= 11 is 5.89. The van der Waals surface area contributed by atoms with E-state index in [0.29, 0.717) is 17.7 Å². The highest BCUT2D eigenvalue weighted by atomic mass is 35.5. The first-order chi connectivity index (χ1) is 11.7. The summed E-state index contributed by atoms with van der Waals surface area (Å²) < 4.78 is 38.4. The first kappa shape index (κ1) is 17.5. The Morgan fingerprint density at radius 2 is 1.96 bits per heavy atom. The van der Waals surface area contributed by atoms with E-state index in [1.54, 1.807) is 6.92 Å². The molecule has 0 radical (unpaired) electrons. The Morgan fingerprint density at radius 1 is 1.24 bits per heavy atom. The van der Waals surface area contributed by atoms with Gasteiger partial charge in [0.25, 0.3) is 5.91 Å². The smallest absolute Gasteiger partial charge is 0.351 e. The van der Waals surface area contributed by atoms with Crippen molar-refractivity contribution in [2.24, 2.45) is 0 Å². The number of carbonyl (C=O) groups excluding carboxylic acids is 1. The van der Waals surface area contributed by atoms with E-state index in [1.165, 1.54) is 6.07 Å². The average Bonchev–Trinajstić information content (AvgIpc) is 3.31. The molecule has 0 aliphatic heterocycles. The first-order valence-corrected chi connectivity index (χ1v) is 7.90. The summed E-state index contributed by atoms with van der Waals surface area (Å²) in [5.41, 5.74) is -0.417. The highest BCUT2D eigenvalue weighted by Crippen LogP contribution is 2.34. The predicted molar refractivity (Wildman–Crippen MR) is 87.8 cm³/mol. The maximum Gasteiger partial charge on any atom is 0.416 e. The molecule has 1 fully saturated rings. The van der Waals surface area contributed by atoms with E-state index in [-0.39, 0.29) is 16.4 Å². The van der Waals surface area contributed by atoms with Crippen LogP contribution in [0.15, 0.2) is 24.3 Å². The van der Waals surface area contributed by atoms with Gasteiger partial charge in [-0.25, -0.2) is 9.97 Å². The van der Waals surface area contributed by atoms with Gasteiger partial charge in [-0.3, -0.25) is 4.79 Å². The molecule has 1 saturated carbocycles. The Balaban J connectivity index is 1.83. The molecule has 2 N–H and O–H groups in total. The summed E-state index contributed by atoms with van der Waals surface area (Å²) in [7, 11) is 0. The maximum absolute atomic E-state index is 12.8. The Hall–Kier alpha value is -2.35. The summed E-state index contributed by atoms with van der Waals surface area (Å²) in [5, 5.41) is 5.46. The number of rotatable bonds is 4. The van der Waals surface area contributed by atoms with Crippen LogP contribution in [-0.4, -0.2) is 21.9 Å². The number of hydrogen-bond acceptors (Lipinski definition) is 4. The van der Waals surface area contributed by atoms with Crippen LogP contribution in [0.5, 0.6) is 0 Å². The predicted octanol–water partition coefficient (Wildman–Crippen LogP) is 4.28. The summed E-state index contributed by atoms with van der Waals surface area (Å²) in [6.45, 7) is 1.70. The summed E-state index contributed by atoms with van der Waals surface area (Å²) in [5.74, 6) is -0.339. The molecule has 3 rings (SSSR count). The number of benzene rings is 1. The van der Waals surface area contributed by atoms with Crippen LogP contribution in [0.25, 0.3) is 0 Å². The van der Waals surface area contributed by atoms with Crippen LogP contribution in [0.1, 0.15) is 34.6 Å². The van der Waals surface area contributed by atoms with Gasteiger partial charge in [0, 0.05) is 11.7 Å². The molecule has 1 aromatic carbocycles. The number of nitrogens with one attached hydrogen (secondary N) is 2. The third-order valence-electron chi connectivity index (χ3n) is 3.54. The molecular weight excluding hydrogens is 357 g/mol. The summed E-state index contributed by atoms with van der Waals surface area (Å²) in [4.78, 5) is 20.7. The summed E-state index contributed by atoms with van der Waals surface area (Å²) in [6.07, 6.45) is -2.51. The molecule has 1 heterocycles. The van der Waals surface area contributed by atoms with Crippen LogP contribution in [0.4, 0.5) is 24.8 Å². The largest absolute Gasteiger partial charge is 0.416 e. The minimum absolute atomic E-state index is 0.00320. The van der Waals surface area contributed by atoms with E-state index < -0.39 is 17.6 Å². The van der Waals surface area contributed by atoms with Gasteiger partial charge in [0.05, 0.1) is 16.3 Å². The van der Waals surface area contributed by atoms with Crippen molar-refractivity contribution in [1.82, 2.24) is 9.97 Å². The molecule has 0 atom stereocenters. The number of aromatic nitrogens is 2. The van der Waals surface area contributed by atoms with Gasteiger partial charge in [0.1, 0.15) is 5.69 Å². The number of amides is 1. The van der Waals surface area contributed by atoms with Crippen LogP contribution in [0, 0.1) is 6.92 Å². The highest BCUT2D eigenvalue weighted by Gasteiger charge is 2.31. The zero-order valence-electron chi connectivity index (χ0n) is 13.1. The zero-order valence-corrected chi connectivity index (χ0v) is 13.9. The molecule has 1 aromatic heterocycles. The van der Waals surface area contributed by atoms with Gasteiger partial charge in [-0.1, -0.05) is 11.6 Å². The van der Waals surface area contributed by atoms with E-state index >= 15 is 0 Å². The van der Waals surface area contributed by atoms with Gasteiger partial charge in [0.15, 0.2) is 0 Å². The lowest BCUT2D eigenvalue weighted by atomic mass is 10.2. The minimum Gasteiger partial charge on any atom is -0.351 e. The van der Waals surface area contributed by atoms with E-state index in [1.807, 2.05) is 0 Å². The highest BCUT2D eigenvalue weighted by molar-refractivity contribution is 6.33. The van der Waals surface area contributed by atoms with Gasteiger partial charge in [-0.2, -0.15) is 13.2 Å². The zero-order chi connectivity index (χ0) is 18.2. The molecule has 0 bridgehead atoms. The van der Waals surface area contributed by atoms with Crippen LogP contribution >= 0.6 is 11.6 Å². The molecule has 9 heteroatoms. The molecule has 1 aliphatic rings. The Morgan fingerprint density at radius 3 is 2.60 bits per heavy atom. The number of alkyl halides is 3. The van der Waals surface area contributed by atoms with Gasteiger partial charge in [0.2, 0.25) is 5.95 Å². The quantitative estimate of drug-likeness (QED) is 0.842. The van der Waals surface area contributed by atoms with E-state index in [0.717, 1.165) is 31.0 Å². The van der Waals surface area contributed by atoms with Crippen LogP contribution < -0.4 is 10.6 Å². The second-order valence-corrected chi connectivity index (χ2v) is 6.19. The van der Waals surface area contributed by atoms with Crippen molar-refractivity contribution in [3.05, 3.63) is 46.2 Å². The van der Waals surface area contributed by atoms with Crippen molar-refractivity contribution in [2.75, 3.05) is 10.6 Å². The molecule has 0 saturated heterocycles. The van der Waals surface area contributed by atoms with Crippen molar-refractivity contribution >= 4 is 29.1 Å². The Labute approximate surface area is 146 Å². The fraction of sp³-hybridized carbons (Fsp3) is 0.312. The van der Waals surface area contributed by atoms with Crippen LogP contribution in [-0.2, 0) is 6.18 Å². The lowest BCUT2D eigenvalue weighted by Crippen LogP contribution is -2.17. The van der Waals surface area contributed by atoms with Crippen LogP contribution in [0.3, 0.4) is 0 Å². The monoisotopic (exact) mass is 370 g/mol. The molecule has 25 heavy (non-hydrogen) atoms. The van der Waals surface area contributed by atoms with E-state index in [9.17, 15) is 18.0 Å². The third-order valence-corrected chi connectivity index (χ3v) is 3.87. The SMILES string of the molecule is Cc1cc(C(=O)Nc2cc(C(F)(F)F)ccc2Cl)nc(NC2CC2)n1. The van der Waals surface area contributed by atoms with Gasteiger partial charge >= 0.3 is 6.18 Å². The number of anilines is 2. The fourth-order valence-corrected chi connectivity index (χ4v) is 2.31. The van der Waals surface area contributed by atoms with Crippen molar-refractivity contribution in [2.45, 2.75) is 32.0 Å². The van der Waals surface area contributed by atoms with E-state index in [2.05, 4.69) is 20.6 Å². The average molecular weight is 371 g/mol. The van der Waals surface area contributed by atoms with Crippen LogP contribution in [0.2, 0.25) is 5.02 Å². The number of carbonyl (C=O) groups is 1. The van der Waals surface area contributed by atoms with Gasteiger partial charge < -0.3 is 10.6 Å². The second kappa shape index (κ2) is 6.51. The second-order valence-electron chi connectivity index (χ2n) is 5.78. The molecule has 0 spiro atoms. The van der Waals surface area contributed by atoms with Gasteiger partial charge in [-0.15, -0.1) is 0 Å². The fourth-order valence-electron chi connectivity index (χ4n) is 2.14. The van der Waals surface area contributed by atoms with E-state index in [4.69, 9.17) is 11.6 Å². The van der Waals surface area contributed by atoms with Crippen molar-refractivity contribution in [1.29, 1.82) is 0 Å². The molecule has 0 unspecified atom stereocenters. The Kier molecular flexibility index (Phi) is 4.55. The number of hydrogen-bond donors (Lipinski definition) is 2. The molecule has 1 amide bonds. The topological polar surface area (TPSA) is 66.9 Å². The van der Waals surface area contributed by atoms with Crippen molar-refractivity contribution < 1.29 is 18.0 Å². The lowest BCUT2D eigenvalue weighted by molar-refractivity contribution is -0.137. The first-order valence-electron chi connectivity index (χ1n) is 7.53. The Bertz CT molecular complexity index is 822. The van der Waals surface area contributed by atoms with Crippen molar-refractivity contribution in [3.8, 4) is 0 Å². The maximum atomic E-state index is 12.8. The van der Waals surface area contributed by atoms with Gasteiger partial charge in [-0.05, 0) is 44.0 Å². The standard InChI is InChI=1S/C16H14ClF3N4O/c1-8-6-13(24-15(21-8)22-10-3-4-10)14(25)23-12-7-9(16(18,19)20)2-5-11(12)17/h2,5-7,10H,3-4H2,1H3,(H,23,25)(H,21,22,24). The lowest BCUT2D eigenvalue weighted by Gasteiger charge is -2.12. The minimum atomic E-state index is -4.53.